The molecular formula is C32H28N4O5. The Hall–Kier alpha value is -4.76. The molecule has 4 heterocycles. The van der Waals surface area contributed by atoms with Crippen molar-refractivity contribution in [1.29, 1.82) is 0 Å². The predicted molar refractivity (Wildman–Crippen MR) is 152 cm³/mol. The zero-order chi connectivity index (χ0) is 28.6. The Kier molecular flexibility index (Phi) is 5.46. The molecule has 9 heteroatoms. The van der Waals surface area contributed by atoms with Crippen LogP contribution in [0.3, 0.4) is 0 Å². The van der Waals surface area contributed by atoms with Gasteiger partial charge in [-0.1, -0.05) is 30.3 Å². The Morgan fingerprint density at radius 3 is 2.49 bits per heavy atom. The molecule has 4 atom stereocenters. The van der Waals surface area contributed by atoms with Crippen LogP contribution >= 0.6 is 0 Å². The van der Waals surface area contributed by atoms with E-state index in [1.54, 1.807) is 24.3 Å². The van der Waals surface area contributed by atoms with Crippen molar-refractivity contribution in [2.45, 2.75) is 38.8 Å². The van der Waals surface area contributed by atoms with Gasteiger partial charge in [-0.3, -0.25) is 24.5 Å². The van der Waals surface area contributed by atoms with Crippen LogP contribution in [-0.2, 0) is 31.1 Å². The molecule has 2 fully saturated rings. The average molecular weight is 549 g/mol. The number of aryl methyl sites for hydroxylation is 1. The van der Waals surface area contributed by atoms with Crippen molar-refractivity contribution >= 4 is 46.0 Å². The van der Waals surface area contributed by atoms with Crippen LogP contribution in [0, 0.1) is 25.7 Å². The van der Waals surface area contributed by atoms with Gasteiger partial charge in [-0.2, -0.15) is 0 Å². The molecule has 206 valence electrons. The van der Waals surface area contributed by atoms with Gasteiger partial charge in [0.05, 0.1) is 17.5 Å². The third kappa shape index (κ3) is 3.52. The van der Waals surface area contributed by atoms with Gasteiger partial charge in [-0.25, -0.2) is 4.90 Å². The standard InChI is InChI=1S/C32H28N4O5/c1-16-8-13-23-28(17(16)2)34-31(40)32(23)27-26(25(35-32)14-19-15-33-24-7-5-4-6-22(19)24)29(38)36(30(27)39)20-9-11-21(12-10-20)41-18(3)37/h4-13,15,25-27,33,35H,14H2,1-3H3,(H,34,40)/t25-,26+,27+,32+/m0/s1. The summed E-state index contributed by atoms with van der Waals surface area (Å²) >= 11 is 0. The fourth-order valence-corrected chi connectivity index (χ4v) is 6.92. The third-order valence-electron chi connectivity index (χ3n) is 8.89. The minimum absolute atomic E-state index is 0.311. The van der Waals surface area contributed by atoms with E-state index < -0.39 is 35.3 Å². The molecule has 3 N–H and O–H groups in total. The number of fused-ring (bicyclic) bond motifs is 5. The number of aromatic nitrogens is 1. The molecule has 9 nitrogen and oxygen atoms in total. The first-order chi connectivity index (χ1) is 19.7. The maximum Gasteiger partial charge on any atom is 0.308 e. The van der Waals surface area contributed by atoms with Crippen LogP contribution < -0.4 is 20.3 Å². The second kappa shape index (κ2) is 8.87. The molecule has 2 saturated heterocycles. The van der Waals surface area contributed by atoms with Crippen LogP contribution in [-0.4, -0.2) is 34.7 Å². The molecule has 3 aliphatic heterocycles. The fourth-order valence-electron chi connectivity index (χ4n) is 6.92. The fraction of sp³-hybridized carbons (Fsp3) is 0.250. The number of hydrogen-bond donors (Lipinski definition) is 3. The van der Waals surface area contributed by atoms with E-state index in [4.69, 9.17) is 4.74 Å². The Bertz CT molecular complexity index is 1790. The minimum Gasteiger partial charge on any atom is -0.427 e. The van der Waals surface area contributed by atoms with Gasteiger partial charge in [0, 0.05) is 41.3 Å². The van der Waals surface area contributed by atoms with Crippen molar-refractivity contribution in [1.82, 2.24) is 10.3 Å². The number of nitrogens with one attached hydrogen (secondary N) is 3. The number of amides is 3. The van der Waals surface area contributed by atoms with Gasteiger partial charge >= 0.3 is 5.97 Å². The molecule has 3 aliphatic rings. The van der Waals surface area contributed by atoms with E-state index >= 15 is 0 Å². The minimum atomic E-state index is -1.39. The number of benzene rings is 3. The molecule has 7 rings (SSSR count). The van der Waals surface area contributed by atoms with Gasteiger partial charge in [0.25, 0.3) is 0 Å². The Morgan fingerprint density at radius 1 is 0.976 bits per heavy atom. The number of esters is 1. The lowest BCUT2D eigenvalue weighted by atomic mass is 9.75. The van der Waals surface area contributed by atoms with E-state index in [-0.39, 0.29) is 11.8 Å². The van der Waals surface area contributed by atoms with Gasteiger partial charge in [-0.15, -0.1) is 0 Å². The summed E-state index contributed by atoms with van der Waals surface area (Å²) in [7, 11) is 0. The lowest BCUT2D eigenvalue weighted by molar-refractivity contribution is -0.132. The van der Waals surface area contributed by atoms with Gasteiger partial charge < -0.3 is 15.0 Å². The zero-order valence-corrected chi connectivity index (χ0v) is 22.8. The average Bonchev–Trinajstić information content (AvgIpc) is 3.66. The summed E-state index contributed by atoms with van der Waals surface area (Å²) in [5.74, 6) is -3.00. The van der Waals surface area contributed by atoms with Gasteiger partial charge in [-0.05, 0) is 67.3 Å². The number of hydrogen-bond acceptors (Lipinski definition) is 6. The monoisotopic (exact) mass is 548 g/mol. The summed E-state index contributed by atoms with van der Waals surface area (Å²) in [6.45, 7) is 5.22. The molecule has 41 heavy (non-hydrogen) atoms. The quantitative estimate of drug-likeness (QED) is 0.202. The van der Waals surface area contributed by atoms with Crippen molar-refractivity contribution in [2.24, 2.45) is 11.8 Å². The first-order valence-electron chi connectivity index (χ1n) is 13.6. The van der Waals surface area contributed by atoms with E-state index in [0.29, 0.717) is 29.1 Å². The summed E-state index contributed by atoms with van der Waals surface area (Å²) in [4.78, 5) is 58.3. The molecule has 1 aromatic heterocycles. The van der Waals surface area contributed by atoms with Crippen LogP contribution in [0.15, 0.2) is 66.9 Å². The van der Waals surface area contributed by atoms with E-state index in [2.05, 4.69) is 15.6 Å². The number of H-pyrrole nitrogens is 1. The topological polar surface area (TPSA) is 121 Å². The first kappa shape index (κ1) is 25.2. The van der Waals surface area contributed by atoms with E-state index in [9.17, 15) is 19.2 Å². The predicted octanol–water partition coefficient (Wildman–Crippen LogP) is 3.88. The number of nitrogens with zero attached hydrogens (tertiary/aromatic N) is 1. The lowest BCUT2D eigenvalue weighted by Gasteiger charge is -2.29. The molecule has 1 spiro atoms. The SMILES string of the molecule is CC(=O)Oc1ccc(N2C(=O)[C@@H]3[C@H](Cc4c[nH]c5ccccc45)N[C@@]4(C(=O)Nc5c4ccc(C)c5C)[C@H]3C2=O)cc1. The highest BCUT2D eigenvalue weighted by molar-refractivity contribution is 6.26. The Balaban J connectivity index is 1.35. The first-order valence-corrected chi connectivity index (χ1v) is 13.6. The number of rotatable bonds is 4. The maximum atomic E-state index is 14.3. The number of carbonyl (C=O) groups is 4. The normalized spacial score (nSPS) is 24.7. The summed E-state index contributed by atoms with van der Waals surface area (Å²) in [5.41, 5.74) is 4.28. The second-order valence-electron chi connectivity index (χ2n) is 11.1. The van der Waals surface area contributed by atoms with E-state index in [1.165, 1.54) is 11.8 Å². The Morgan fingerprint density at radius 2 is 1.73 bits per heavy atom. The number of ether oxygens (including phenoxy) is 1. The van der Waals surface area contributed by atoms with Gasteiger partial charge in [0.2, 0.25) is 17.7 Å². The highest BCUT2D eigenvalue weighted by Gasteiger charge is 2.70. The number of imide groups is 1. The smallest absolute Gasteiger partial charge is 0.308 e. The summed E-state index contributed by atoms with van der Waals surface area (Å²) < 4.78 is 5.13. The van der Waals surface area contributed by atoms with Crippen molar-refractivity contribution in [3.63, 3.8) is 0 Å². The number of para-hydroxylation sites is 1. The number of carbonyl (C=O) groups excluding carboxylic acids is 4. The van der Waals surface area contributed by atoms with Crippen molar-refractivity contribution in [3.05, 3.63) is 89.1 Å². The summed E-state index contributed by atoms with van der Waals surface area (Å²) in [5, 5.41) is 7.61. The lowest BCUT2D eigenvalue weighted by Crippen LogP contribution is -2.53. The molecule has 3 aromatic carbocycles. The van der Waals surface area contributed by atoms with E-state index in [1.807, 2.05) is 56.4 Å². The molecular weight excluding hydrogens is 520 g/mol. The Labute approximate surface area is 235 Å². The molecule has 0 aliphatic carbocycles. The summed E-state index contributed by atoms with van der Waals surface area (Å²) in [6.07, 6.45) is 2.37. The van der Waals surface area contributed by atoms with Crippen LogP contribution in [0.5, 0.6) is 5.75 Å². The molecule has 0 radical (unpaired) electrons. The van der Waals surface area contributed by atoms with Crippen LogP contribution in [0.4, 0.5) is 11.4 Å². The molecule has 0 unspecified atom stereocenters. The number of anilines is 2. The van der Waals surface area contributed by atoms with E-state index in [0.717, 1.165) is 27.6 Å². The number of aromatic amines is 1. The second-order valence-corrected chi connectivity index (χ2v) is 11.1. The van der Waals surface area contributed by atoms with Crippen LogP contribution in [0.2, 0.25) is 0 Å². The van der Waals surface area contributed by atoms with Crippen molar-refractivity contribution in [3.8, 4) is 5.75 Å². The van der Waals surface area contributed by atoms with Gasteiger partial charge in [0.1, 0.15) is 11.3 Å². The summed E-state index contributed by atoms with van der Waals surface area (Å²) in [6, 6.07) is 17.5. The largest absolute Gasteiger partial charge is 0.427 e. The molecule has 4 aromatic rings. The zero-order valence-electron chi connectivity index (χ0n) is 22.8. The van der Waals surface area contributed by atoms with Crippen LogP contribution in [0.25, 0.3) is 10.9 Å². The van der Waals surface area contributed by atoms with Gasteiger partial charge in [0.15, 0.2) is 0 Å². The highest BCUT2D eigenvalue weighted by Crippen LogP contribution is 2.54. The van der Waals surface area contributed by atoms with Crippen molar-refractivity contribution in [2.75, 3.05) is 10.2 Å². The molecule has 0 saturated carbocycles. The maximum absolute atomic E-state index is 14.3. The molecule has 0 bridgehead atoms. The van der Waals surface area contributed by atoms with Crippen molar-refractivity contribution < 1.29 is 23.9 Å². The third-order valence-corrected chi connectivity index (χ3v) is 8.89. The van der Waals surface area contributed by atoms with Crippen LogP contribution in [0.1, 0.15) is 29.2 Å². The highest BCUT2D eigenvalue weighted by atomic mass is 16.5. The molecule has 3 amide bonds.